The first-order valence-corrected chi connectivity index (χ1v) is 5.89. The van der Waals surface area contributed by atoms with E-state index >= 15 is 0 Å². The summed E-state index contributed by atoms with van der Waals surface area (Å²) in [7, 11) is 0. The van der Waals surface area contributed by atoms with Crippen molar-refractivity contribution in [2.75, 3.05) is 0 Å². The zero-order chi connectivity index (χ0) is 10.9. The van der Waals surface area contributed by atoms with Gasteiger partial charge >= 0.3 is 0 Å². The number of rotatable bonds is 3. The van der Waals surface area contributed by atoms with Gasteiger partial charge in [-0.3, -0.25) is 0 Å². The van der Waals surface area contributed by atoms with Crippen LogP contribution in [0.1, 0.15) is 51.8 Å². The third-order valence-electron chi connectivity index (χ3n) is 3.68. The van der Waals surface area contributed by atoms with Crippen molar-refractivity contribution in [2.45, 2.75) is 52.1 Å². The van der Waals surface area contributed by atoms with Crippen LogP contribution in [-0.4, -0.2) is 6.04 Å². The molecule has 1 aliphatic carbocycles. The van der Waals surface area contributed by atoms with Crippen LogP contribution in [0.3, 0.4) is 0 Å². The van der Waals surface area contributed by atoms with Gasteiger partial charge in [0.15, 0.2) is 0 Å². The summed E-state index contributed by atoms with van der Waals surface area (Å²) in [5.74, 6) is 1.04. The molecule has 2 atom stereocenters. The molecular weight excluding hydrogens is 186 g/mol. The van der Waals surface area contributed by atoms with Crippen molar-refractivity contribution in [2.24, 2.45) is 5.41 Å². The van der Waals surface area contributed by atoms with Gasteiger partial charge in [0, 0.05) is 6.04 Å². The van der Waals surface area contributed by atoms with Gasteiger partial charge in [0.25, 0.3) is 0 Å². The molecule has 0 aromatic carbocycles. The number of hydrogen-bond acceptors (Lipinski definition) is 2. The molecule has 1 aliphatic rings. The molecule has 1 N–H and O–H groups in total. The van der Waals surface area contributed by atoms with E-state index in [1.165, 1.54) is 19.3 Å². The normalized spacial score (nSPS) is 26.7. The molecule has 2 nitrogen and oxygen atoms in total. The van der Waals surface area contributed by atoms with Crippen LogP contribution in [-0.2, 0) is 0 Å². The summed E-state index contributed by atoms with van der Waals surface area (Å²) in [5, 5.41) is 3.68. The fourth-order valence-electron chi connectivity index (χ4n) is 2.56. The SMILES string of the molecule is CC(NC1CCCC1(C)C)c1ccco1. The van der Waals surface area contributed by atoms with Gasteiger partial charge < -0.3 is 9.73 Å². The molecule has 1 saturated carbocycles. The topological polar surface area (TPSA) is 25.2 Å². The molecule has 2 unspecified atom stereocenters. The van der Waals surface area contributed by atoms with Crippen LogP contribution in [0, 0.1) is 5.41 Å². The maximum Gasteiger partial charge on any atom is 0.120 e. The van der Waals surface area contributed by atoms with Gasteiger partial charge in [-0.05, 0) is 37.3 Å². The monoisotopic (exact) mass is 207 g/mol. The Morgan fingerprint density at radius 2 is 2.33 bits per heavy atom. The average Bonchev–Trinajstić information content (AvgIpc) is 2.76. The van der Waals surface area contributed by atoms with Crippen LogP contribution in [0.5, 0.6) is 0 Å². The minimum absolute atomic E-state index is 0.322. The van der Waals surface area contributed by atoms with Gasteiger partial charge in [-0.25, -0.2) is 0 Å². The van der Waals surface area contributed by atoms with Gasteiger partial charge in [0.05, 0.1) is 12.3 Å². The van der Waals surface area contributed by atoms with Crippen molar-refractivity contribution >= 4 is 0 Å². The van der Waals surface area contributed by atoms with E-state index in [0.717, 1.165) is 5.76 Å². The van der Waals surface area contributed by atoms with Gasteiger partial charge in [0.2, 0.25) is 0 Å². The second-order valence-electron chi connectivity index (χ2n) is 5.34. The predicted octanol–water partition coefficient (Wildman–Crippen LogP) is 3.51. The molecule has 1 fully saturated rings. The zero-order valence-corrected chi connectivity index (χ0v) is 9.92. The molecule has 2 heteroatoms. The third kappa shape index (κ3) is 2.25. The lowest BCUT2D eigenvalue weighted by molar-refractivity contribution is 0.256. The highest BCUT2D eigenvalue weighted by Crippen LogP contribution is 2.38. The van der Waals surface area contributed by atoms with Crippen LogP contribution < -0.4 is 5.32 Å². The van der Waals surface area contributed by atoms with E-state index in [1.54, 1.807) is 6.26 Å². The second kappa shape index (κ2) is 4.01. The van der Waals surface area contributed by atoms with E-state index in [-0.39, 0.29) is 0 Å². The molecule has 1 aromatic rings. The van der Waals surface area contributed by atoms with E-state index in [2.05, 4.69) is 26.1 Å². The lowest BCUT2D eigenvalue weighted by atomic mass is 9.87. The zero-order valence-electron chi connectivity index (χ0n) is 9.92. The summed E-state index contributed by atoms with van der Waals surface area (Å²) in [4.78, 5) is 0. The highest BCUT2D eigenvalue weighted by atomic mass is 16.3. The van der Waals surface area contributed by atoms with Crippen molar-refractivity contribution in [3.63, 3.8) is 0 Å². The van der Waals surface area contributed by atoms with Gasteiger partial charge in [-0.1, -0.05) is 20.3 Å². The minimum Gasteiger partial charge on any atom is -0.468 e. The van der Waals surface area contributed by atoms with E-state index in [1.807, 2.05) is 12.1 Å². The molecule has 1 heterocycles. The summed E-state index contributed by atoms with van der Waals surface area (Å²) >= 11 is 0. The molecule has 84 valence electrons. The Morgan fingerprint density at radius 3 is 2.87 bits per heavy atom. The maximum absolute atomic E-state index is 5.41. The molecule has 0 saturated heterocycles. The van der Waals surface area contributed by atoms with Crippen LogP contribution >= 0.6 is 0 Å². The standard InChI is InChI=1S/C13H21NO/c1-10(11-6-5-9-15-11)14-12-7-4-8-13(12,2)3/h5-6,9-10,12,14H,4,7-8H2,1-3H3. The lowest BCUT2D eigenvalue weighted by Crippen LogP contribution is -2.39. The summed E-state index contributed by atoms with van der Waals surface area (Å²) in [6, 6.07) is 4.94. The molecule has 0 bridgehead atoms. The number of hydrogen-bond donors (Lipinski definition) is 1. The van der Waals surface area contributed by atoms with Gasteiger partial charge in [-0.2, -0.15) is 0 Å². The Balaban J connectivity index is 1.97. The molecule has 15 heavy (non-hydrogen) atoms. The lowest BCUT2D eigenvalue weighted by Gasteiger charge is -2.30. The molecular formula is C13H21NO. The van der Waals surface area contributed by atoms with E-state index in [4.69, 9.17) is 4.42 Å². The Kier molecular flexibility index (Phi) is 2.87. The first kappa shape index (κ1) is 10.7. The van der Waals surface area contributed by atoms with Crippen LogP contribution in [0.15, 0.2) is 22.8 Å². The summed E-state index contributed by atoms with van der Waals surface area (Å²) in [5.41, 5.74) is 0.431. The highest BCUT2D eigenvalue weighted by molar-refractivity contribution is 5.04. The number of furan rings is 1. The van der Waals surface area contributed by atoms with Crippen LogP contribution in [0.2, 0.25) is 0 Å². The smallest absolute Gasteiger partial charge is 0.120 e. The van der Waals surface area contributed by atoms with Crippen molar-refractivity contribution in [1.82, 2.24) is 5.32 Å². The molecule has 0 aliphatic heterocycles. The molecule has 2 rings (SSSR count). The third-order valence-corrected chi connectivity index (χ3v) is 3.68. The van der Waals surface area contributed by atoms with Crippen LogP contribution in [0.4, 0.5) is 0 Å². The van der Waals surface area contributed by atoms with E-state index in [9.17, 15) is 0 Å². The quantitative estimate of drug-likeness (QED) is 0.820. The van der Waals surface area contributed by atoms with Gasteiger partial charge in [0.1, 0.15) is 5.76 Å². The largest absolute Gasteiger partial charge is 0.468 e. The average molecular weight is 207 g/mol. The molecule has 1 aromatic heterocycles. The molecule has 0 spiro atoms. The Hall–Kier alpha value is -0.760. The Labute approximate surface area is 92.1 Å². The van der Waals surface area contributed by atoms with Crippen molar-refractivity contribution < 1.29 is 4.42 Å². The fraction of sp³-hybridized carbons (Fsp3) is 0.692. The van der Waals surface area contributed by atoms with Crippen molar-refractivity contribution in [3.05, 3.63) is 24.2 Å². The van der Waals surface area contributed by atoms with Crippen molar-refractivity contribution in [3.8, 4) is 0 Å². The van der Waals surface area contributed by atoms with E-state index in [0.29, 0.717) is 17.5 Å². The van der Waals surface area contributed by atoms with E-state index < -0.39 is 0 Å². The fourth-order valence-corrected chi connectivity index (χ4v) is 2.56. The Morgan fingerprint density at radius 1 is 1.53 bits per heavy atom. The van der Waals surface area contributed by atoms with Crippen LogP contribution in [0.25, 0.3) is 0 Å². The predicted molar refractivity (Wildman–Crippen MR) is 61.7 cm³/mol. The Bertz CT molecular complexity index is 302. The summed E-state index contributed by atoms with van der Waals surface area (Å²) in [6.07, 6.45) is 5.70. The minimum atomic E-state index is 0.322. The highest BCUT2D eigenvalue weighted by Gasteiger charge is 2.35. The number of nitrogens with one attached hydrogen (secondary N) is 1. The maximum atomic E-state index is 5.41. The molecule has 0 amide bonds. The molecule has 0 radical (unpaired) electrons. The van der Waals surface area contributed by atoms with Crippen molar-refractivity contribution in [1.29, 1.82) is 0 Å². The van der Waals surface area contributed by atoms with Gasteiger partial charge in [-0.15, -0.1) is 0 Å². The first-order valence-electron chi connectivity index (χ1n) is 5.89. The first-order chi connectivity index (χ1) is 7.09. The second-order valence-corrected chi connectivity index (χ2v) is 5.34. The summed E-state index contributed by atoms with van der Waals surface area (Å²) in [6.45, 7) is 6.88. The summed E-state index contributed by atoms with van der Waals surface area (Å²) < 4.78 is 5.41.